The quantitative estimate of drug-likeness (QED) is 0.180. The topological polar surface area (TPSA) is 188 Å². The van der Waals surface area contributed by atoms with Crippen LogP contribution in [0.4, 0.5) is 0 Å². The predicted octanol–water partition coefficient (Wildman–Crippen LogP) is -2.07. The maximum absolute atomic E-state index is 12.2. The Morgan fingerprint density at radius 2 is 1.59 bits per heavy atom. The molecule has 3 atom stereocenters. The van der Waals surface area contributed by atoms with Gasteiger partial charge in [0.25, 0.3) is 0 Å². The number of carboxylic acid groups (broad SMARTS) is 2. The number of aliphatic carboxylic acids is 2. The number of carbonyl (C=O) groups excluding carboxylic acids is 3. The second-order valence-corrected chi connectivity index (χ2v) is 6.62. The van der Waals surface area contributed by atoms with Gasteiger partial charge in [-0.05, 0) is 12.3 Å². The summed E-state index contributed by atoms with van der Waals surface area (Å²) in [6.07, 6.45) is -0.623. The zero-order chi connectivity index (χ0) is 21.1. The van der Waals surface area contributed by atoms with Gasteiger partial charge in [-0.2, -0.15) is 12.6 Å². The SMILES string of the molecule is CC(C)CC(NC(=O)C(CC(=O)O)NC(=O)CNC(=O)C(N)CS)C(=O)O. The lowest BCUT2D eigenvalue weighted by Crippen LogP contribution is -2.54. The molecule has 0 aromatic heterocycles. The lowest BCUT2D eigenvalue weighted by atomic mass is 10.0. The Hall–Kier alpha value is -2.34. The van der Waals surface area contributed by atoms with Crippen molar-refractivity contribution in [3.63, 3.8) is 0 Å². The largest absolute Gasteiger partial charge is 0.481 e. The van der Waals surface area contributed by atoms with Crippen LogP contribution in [0, 0.1) is 5.92 Å². The van der Waals surface area contributed by atoms with Crippen molar-refractivity contribution >= 4 is 42.3 Å². The minimum atomic E-state index is -1.50. The van der Waals surface area contributed by atoms with Gasteiger partial charge < -0.3 is 31.9 Å². The zero-order valence-electron chi connectivity index (χ0n) is 15.1. The van der Waals surface area contributed by atoms with E-state index in [0.717, 1.165) is 0 Å². The van der Waals surface area contributed by atoms with E-state index >= 15 is 0 Å². The number of rotatable bonds is 12. The molecule has 0 fully saturated rings. The summed E-state index contributed by atoms with van der Waals surface area (Å²) in [6, 6.07) is -3.65. The number of hydrogen-bond donors (Lipinski definition) is 7. The van der Waals surface area contributed by atoms with Crippen molar-refractivity contribution in [2.45, 2.75) is 44.8 Å². The first-order chi connectivity index (χ1) is 12.5. The molecule has 0 saturated carbocycles. The van der Waals surface area contributed by atoms with Crippen LogP contribution in [-0.2, 0) is 24.0 Å². The lowest BCUT2D eigenvalue weighted by Gasteiger charge is -2.21. The average Bonchev–Trinajstić information content (AvgIpc) is 2.56. The van der Waals surface area contributed by atoms with Crippen LogP contribution in [0.3, 0.4) is 0 Å². The summed E-state index contributed by atoms with van der Waals surface area (Å²) in [5.41, 5.74) is 5.42. The van der Waals surface area contributed by atoms with E-state index < -0.39 is 60.8 Å². The lowest BCUT2D eigenvalue weighted by molar-refractivity contribution is -0.143. The molecule has 154 valence electrons. The Labute approximate surface area is 161 Å². The van der Waals surface area contributed by atoms with Gasteiger partial charge >= 0.3 is 11.9 Å². The fraction of sp³-hybridized carbons (Fsp3) is 0.667. The summed E-state index contributed by atoms with van der Waals surface area (Å²) < 4.78 is 0. The standard InChI is InChI=1S/C15H26N4O7S/c1-7(2)3-10(15(25)26)19-14(24)9(4-12(21)22)18-11(20)5-17-13(23)8(16)6-27/h7-10,27H,3-6,16H2,1-2H3,(H,17,23)(H,18,20)(H,19,24)(H,21,22)(H,25,26). The molecule has 0 saturated heterocycles. The number of amides is 3. The van der Waals surface area contributed by atoms with Gasteiger partial charge in [0.2, 0.25) is 17.7 Å². The zero-order valence-corrected chi connectivity index (χ0v) is 16.0. The van der Waals surface area contributed by atoms with Gasteiger partial charge in [0.1, 0.15) is 12.1 Å². The second-order valence-electron chi connectivity index (χ2n) is 6.25. The number of nitrogens with one attached hydrogen (secondary N) is 3. The smallest absolute Gasteiger partial charge is 0.326 e. The molecule has 0 heterocycles. The van der Waals surface area contributed by atoms with E-state index in [1.165, 1.54) is 0 Å². The van der Waals surface area contributed by atoms with Crippen molar-refractivity contribution in [1.82, 2.24) is 16.0 Å². The summed E-state index contributed by atoms with van der Waals surface area (Å²) in [6.45, 7) is 2.99. The van der Waals surface area contributed by atoms with Crippen molar-refractivity contribution in [2.24, 2.45) is 11.7 Å². The van der Waals surface area contributed by atoms with Gasteiger partial charge in [-0.1, -0.05) is 13.8 Å². The summed E-state index contributed by atoms with van der Waals surface area (Å²) >= 11 is 3.84. The first kappa shape index (κ1) is 24.7. The first-order valence-corrected chi connectivity index (χ1v) is 8.79. The van der Waals surface area contributed by atoms with Crippen LogP contribution in [0.25, 0.3) is 0 Å². The molecule has 0 aliphatic rings. The Balaban J connectivity index is 4.92. The van der Waals surface area contributed by atoms with Crippen LogP contribution < -0.4 is 21.7 Å². The molecule has 0 rings (SSSR count). The minimum Gasteiger partial charge on any atom is -0.481 e. The molecule has 27 heavy (non-hydrogen) atoms. The molecule has 0 aliphatic heterocycles. The van der Waals surface area contributed by atoms with E-state index in [4.69, 9.17) is 15.9 Å². The molecule has 0 aromatic rings. The first-order valence-electron chi connectivity index (χ1n) is 8.16. The third-order valence-electron chi connectivity index (χ3n) is 3.31. The molecule has 3 amide bonds. The fourth-order valence-electron chi connectivity index (χ4n) is 1.98. The summed E-state index contributed by atoms with van der Waals surface area (Å²) in [5.74, 6) is -5.03. The number of thiol groups is 1. The third-order valence-corrected chi connectivity index (χ3v) is 3.70. The van der Waals surface area contributed by atoms with Crippen molar-refractivity contribution in [1.29, 1.82) is 0 Å². The Morgan fingerprint density at radius 3 is 2.04 bits per heavy atom. The maximum atomic E-state index is 12.2. The minimum absolute atomic E-state index is 0.0369. The van der Waals surface area contributed by atoms with Crippen molar-refractivity contribution < 1.29 is 34.2 Å². The number of carbonyl (C=O) groups is 5. The number of carboxylic acids is 2. The monoisotopic (exact) mass is 406 g/mol. The van der Waals surface area contributed by atoms with Crippen LogP contribution >= 0.6 is 12.6 Å². The van der Waals surface area contributed by atoms with E-state index in [1.807, 2.05) is 0 Å². The van der Waals surface area contributed by atoms with Gasteiger partial charge in [0.15, 0.2) is 0 Å². The van der Waals surface area contributed by atoms with Crippen molar-refractivity contribution in [2.75, 3.05) is 12.3 Å². The summed E-state index contributed by atoms with van der Waals surface area (Å²) in [4.78, 5) is 57.8. The van der Waals surface area contributed by atoms with E-state index in [-0.39, 0.29) is 18.1 Å². The predicted molar refractivity (Wildman–Crippen MR) is 98.0 cm³/mol. The molecule has 0 bridgehead atoms. The summed E-state index contributed by atoms with van der Waals surface area (Å²) in [5, 5.41) is 24.7. The molecular formula is C15H26N4O7S. The molecule has 7 N–H and O–H groups in total. The van der Waals surface area contributed by atoms with Crippen LogP contribution in [0.1, 0.15) is 26.7 Å². The molecule has 0 spiro atoms. The van der Waals surface area contributed by atoms with E-state index in [9.17, 15) is 24.0 Å². The van der Waals surface area contributed by atoms with Crippen molar-refractivity contribution in [3.8, 4) is 0 Å². The van der Waals surface area contributed by atoms with Gasteiger partial charge in [-0.15, -0.1) is 0 Å². The highest BCUT2D eigenvalue weighted by Crippen LogP contribution is 2.06. The number of hydrogen-bond acceptors (Lipinski definition) is 7. The molecular weight excluding hydrogens is 380 g/mol. The highest BCUT2D eigenvalue weighted by atomic mass is 32.1. The average molecular weight is 406 g/mol. The van der Waals surface area contributed by atoms with E-state index in [0.29, 0.717) is 0 Å². The molecule has 3 unspecified atom stereocenters. The highest BCUT2D eigenvalue weighted by Gasteiger charge is 2.28. The molecule has 11 nitrogen and oxygen atoms in total. The van der Waals surface area contributed by atoms with Crippen LogP contribution in [-0.4, -0.2) is 70.3 Å². The molecule has 0 radical (unpaired) electrons. The fourth-order valence-corrected chi connectivity index (χ4v) is 2.14. The van der Waals surface area contributed by atoms with Gasteiger partial charge in [0.05, 0.1) is 19.0 Å². The van der Waals surface area contributed by atoms with E-state index in [1.54, 1.807) is 13.8 Å². The van der Waals surface area contributed by atoms with Gasteiger partial charge in [-0.3, -0.25) is 19.2 Å². The normalized spacial score (nSPS) is 14.0. The van der Waals surface area contributed by atoms with Crippen LogP contribution in [0.2, 0.25) is 0 Å². The van der Waals surface area contributed by atoms with E-state index in [2.05, 4.69) is 28.6 Å². The third kappa shape index (κ3) is 10.4. The Kier molecular flexibility index (Phi) is 11.1. The Bertz CT molecular complexity index is 570. The van der Waals surface area contributed by atoms with Crippen molar-refractivity contribution in [3.05, 3.63) is 0 Å². The molecule has 12 heteroatoms. The van der Waals surface area contributed by atoms with Gasteiger partial charge in [-0.25, -0.2) is 4.79 Å². The van der Waals surface area contributed by atoms with Gasteiger partial charge in [0, 0.05) is 5.75 Å². The van der Waals surface area contributed by atoms with Crippen LogP contribution in [0.5, 0.6) is 0 Å². The Morgan fingerprint density at radius 1 is 1.00 bits per heavy atom. The number of nitrogens with two attached hydrogens (primary N) is 1. The van der Waals surface area contributed by atoms with Crippen LogP contribution in [0.15, 0.2) is 0 Å². The molecule has 0 aromatic carbocycles. The maximum Gasteiger partial charge on any atom is 0.326 e. The molecule has 0 aliphatic carbocycles. The highest BCUT2D eigenvalue weighted by molar-refractivity contribution is 7.80. The summed E-state index contributed by atoms with van der Waals surface area (Å²) in [7, 11) is 0. The second kappa shape index (κ2) is 12.1.